The molecule has 1 unspecified atom stereocenters. The summed E-state index contributed by atoms with van der Waals surface area (Å²) in [5.74, 6) is 0.468. The molecule has 1 atom stereocenters. The molecule has 0 bridgehead atoms. The quantitative estimate of drug-likeness (QED) is 0.753. The number of carboxylic acid groups (broad SMARTS) is 1. The van der Waals surface area contributed by atoms with Gasteiger partial charge in [0.15, 0.2) is 0 Å². The van der Waals surface area contributed by atoms with Gasteiger partial charge in [0.05, 0.1) is 0 Å². The number of rotatable bonds is 5. The number of aliphatic carboxylic acids is 1. The van der Waals surface area contributed by atoms with Crippen LogP contribution in [0.1, 0.15) is 40.5 Å². The van der Waals surface area contributed by atoms with E-state index in [2.05, 4.69) is 25.6 Å². The Morgan fingerprint density at radius 3 is 2.59 bits per heavy atom. The minimum Gasteiger partial charge on any atom is -0.480 e. The summed E-state index contributed by atoms with van der Waals surface area (Å²) >= 11 is 0. The Morgan fingerprint density at radius 1 is 1.32 bits per heavy atom. The molecule has 0 saturated carbocycles. The third-order valence-corrected chi connectivity index (χ3v) is 3.24. The Balaban J connectivity index is 2.35. The number of hydrogen-bond acceptors (Lipinski definition) is 7. The maximum absolute atomic E-state index is 11.4. The second-order valence-electron chi connectivity index (χ2n) is 6.38. The highest BCUT2D eigenvalue weighted by atomic mass is 16.4. The van der Waals surface area contributed by atoms with Gasteiger partial charge in [-0.1, -0.05) is 0 Å². The van der Waals surface area contributed by atoms with Gasteiger partial charge in [0, 0.05) is 18.6 Å². The molecule has 1 aromatic rings. The molecule has 0 spiro atoms. The lowest BCUT2D eigenvalue weighted by atomic mass is 10.1. The largest absolute Gasteiger partial charge is 0.480 e. The first-order chi connectivity index (χ1) is 10.3. The van der Waals surface area contributed by atoms with Gasteiger partial charge < -0.3 is 20.6 Å². The average Bonchev–Trinajstić information content (AvgIpc) is 2.85. The maximum Gasteiger partial charge on any atom is 0.326 e. The third-order valence-electron chi connectivity index (χ3n) is 3.24. The van der Waals surface area contributed by atoms with E-state index in [0.717, 1.165) is 6.42 Å². The highest BCUT2D eigenvalue weighted by molar-refractivity contribution is 5.78. The summed E-state index contributed by atoms with van der Waals surface area (Å²) in [5.41, 5.74) is -0.195. The lowest BCUT2D eigenvalue weighted by Crippen LogP contribution is -2.37. The van der Waals surface area contributed by atoms with Crippen molar-refractivity contribution in [1.82, 2.24) is 15.0 Å². The zero-order chi connectivity index (χ0) is 16.3. The van der Waals surface area contributed by atoms with Crippen LogP contribution in [0, 0.1) is 0 Å². The summed E-state index contributed by atoms with van der Waals surface area (Å²) in [4.78, 5) is 26.2. The van der Waals surface area contributed by atoms with E-state index >= 15 is 0 Å². The van der Waals surface area contributed by atoms with Crippen LogP contribution < -0.4 is 15.5 Å². The Kier molecular flexibility index (Phi) is 4.68. The van der Waals surface area contributed by atoms with Crippen LogP contribution in [0.25, 0.3) is 0 Å². The average molecular weight is 308 g/mol. The van der Waals surface area contributed by atoms with Gasteiger partial charge >= 0.3 is 5.97 Å². The molecule has 8 nitrogen and oxygen atoms in total. The molecule has 1 aliphatic rings. The fourth-order valence-corrected chi connectivity index (χ4v) is 2.38. The van der Waals surface area contributed by atoms with Crippen molar-refractivity contribution < 1.29 is 9.90 Å². The van der Waals surface area contributed by atoms with Crippen LogP contribution in [0.2, 0.25) is 0 Å². The molecule has 0 radical (unpaired) electrons. The summed E-state index contributed by atoms with van der Waals surface area (Å²) in [6.07, 6.45) is 1.43. The van der Waals surface area contributed by atoms with E-state index < -0.39 is 12.0 Å². The first kappa shape index (κ1) is 16.3. The molecule has 1 saturated heterocycles. The number of carbonyl (C=O) groups is 1. The van der Waals surface area contributed by atoms with Crippen LogP contribution >= 0.6 is 0 Å². The van der Waals surface area contributed by atoms with Crippen molar-refractivity contribution in [2.45, 2.75) is 52.1 Å². The molecule has 0 amide bonds. The normalized spacial score (nSPS) is 18.4. The van der Waals surface area contributed by atoms with E-state index in [4.69, 9.17) is 0 Å². The molecule has 2 rings (SSSR count). The van der Waals surface area contributed by atoms with Gasteiger partial charge in [0.2, 0.25) is 17.8 Å². The fraction of sp³-hybridized carbons (Fsp3) is 0.714. The summed E-state index contributed by atoms with van der Waals surface area (Å²) in [5, 5.41) is 15.6. The van der Waals surface area contributed by atoms with Gasteiger partial charge in [-0.3, -0.25) is 0 Å². The predicted octanol–water partition coefficient (Wildman–Crippen LogP) is 1.57. The van der Waals surface area contributed by atoms with E-state index in [0.29, 0.717) is 37.4 Å². The Morgan fingerprint density at radius 2 is 2.00 bits per heavy atom. The van der Waals surface area contributed by atoms with Crippen molar-refractivity contribution >= 4 is 23.8 Å². The maximum atomic E-state index is 11.4. The molecular weight excluding hydrogens is 284 g/mol. The smallest absolute Gasteiger partial charge is 0.326 e. The number of hydrogen-bond donors (Lipinski definition) is 3. The second-order valence-corrected chi connectivity index (χ2v) is 6.38. The molecule has 2 heterocycles. The van der Waals surface area contributed by atoms with Crippen molar-refractivity contribution in [1.29, 1.82) is 0 Å². The van der Waals surface area contributed by atoms with E-state index in [1.54, 1.807) is 4.90 Å². The molecule has 1 fully saturated rings. The van der Waals surface area contributed by atoms with Crippen LogP contribution in [0.3, 0.4) is 0 Å². The predicted molar refractivity (Wildman–Crippen MR) is 85.4 cm³/mol. The zero-order valence-electron chi connectivity index (χ0n) is 13.6. The van der Waals surface area contributed by atoms with E-state index in [-0.39, 0.29) is 5.54 Å². The lowest BCUT2D eigenvalue weighted by Gasteiger charge is -2.24. The topological polar surface area (TPSA) is 103 Å². The van der Waals surface area contributed by atoms with Crippen LogP contribution in [-0.4, -0.2) is 50.7 Å². The molecule has 3 N–H and O–H groups in total. The highest BCUT2D eigenvalue weighted by Gasteiger charge is 2.33. The molecule has 1 aliphatic heterocycles. The van der Waals surface area contributed by atoms with Gasteiger partial charge in [-0.15, -0.1) is 0 Å². The summed E-state index contributed by atoms with van der Waals surface area (Å²) < 4.78 is 0. The molecule has 0 aromatic carbocycles. The van der Waals surface area contributed by atoms with Gasteiger partial charge in [-0.05, 0) is 40.5 Å². The Hall–Kier alpha value is -2.12. The molecular formula is C14H24N6O2. The molecule has 8 heteroatoms. The first-order valence-electron chi connectivity index (χ1n) is 7.57. The standard InChI is InChI=1S/C14H24N6O2/c1-5-15-11-16-12(19-14(2,3)4)18-13(17-11)20-8-6-7-9(20)10(21)22/h9H,5-8H2,1-4H3,(H,21,22)(H2,15,16,17,18,19). The van der Waals surface area contributed by atoms with Crippen LogP contribution in [-0.2, 0) is 4.79 Å². The lowest BCUT2D eigenvalue weighted by molar-refractivity contribution is -0.138. The minimum absolute atomic E-state index is 0.195. The third kappa shape index (κ3) is 3.96. The summed E-state index contributed by atoms with van der Waals surface area (Å²) in [6.45, 7) is 9.32. The van der Waals surface area contributed by atoms with Crippen molar-refractivity contribution in [3.05, 3.63) is 0 Å². The van der Waals surface area contributed by atoms with Crippen LogP contribution in [0.5, 0.6) is 0 Å². The van der Waals surface area contributed by atoms with Crippen LogP contribution in [0.4, 0.5) is 17.8 Å². The molecule has 122 valence electrons. The highest BCUT2D eigenvalue weighted by Crippen LogP contribution is 2.25. The monoisotopic (exact) mass is 308 g/mol. The van der Waals surface area contributed by atoms with Gasteiger partial charge in [0.25, 0.3) is 0 Å². The number of nitrogens with zero attached hydrogens (tertiary/aromatic N) is 4. The molecule has 22 heavy (non-hydrogen) atoms. The second kappa shape index (κ2) is 6.33. The van der Waals surface area contributed by atoms with Crippen molar-refractivity contribution in [3.63, 3.8) is 0 Å². The SMILES string of the molecule is CCNc1nc(NC(C)(C)C)nc(N2CCCC2C(=O)O)n1. The van der Waals surface area contributed by atoms with E-state index in [1.165, 1.54) is 0 Å². The number of aromatic nitrogens is 3. The number of nitrogens with one attached hydrogen (secondary N) is 2. The fourth-order valence-electron chi connectivity index (χ4n) is 2.38. The molecule has 1 aromatic heterocycles. The van der Waals surface area contributed by atoms with Crippen LogP contribution in [0.15, 0.2) is 0 Å². The Bertz CT molecular complexity index is 543. The van der Waals surface area contributed by atoms with Crippen molar-refractivity contribution in [3.8, 4) is 0 Å². The van der Waals surface area contributed by atoms with E-state index in [1.807, 2.05) is 27.7 Å². The van der Waals surface area contributed by atoms with Crippen molar-refractivity contribution in [2.24, 2.45) is 0 Å². The number of carboxylic acids is 1. The zero-order valence-corrected chi connectivity index (χ0v) is 13.6. The van der Waals surface area contributed by atoms with E-state index in [9.17, 15) is 9.90 Å². The van der Waals surface area contributed by atoms with Gasteiger partial charge in [-0.2, -0.15) is 15.0 Å². The first-order valence-corrected chi connectivity index (χ1v) is 7.57. The van der Waals surface area contributed by atoms with Gasteiger partial charge in [0.1, 0.15) is 6.04 Å². The van der Waals surface area contributed by atoms with Gasteiger partial charge in [-0.25, -0.2) is 4.79 Å². The minimum atomic E-state index is -0.840. The van der Waals surface area contributed by atoms with Crippen molar-refractivity contribution in [2.75, 3.05) is 28.6 Å². The number of anilines is 3. The summed E-state index contributed by atoms with van der Waals surface area (Å²) in [6, 6.07) is -0.570. The Labute approximate surface area is 130 Å². The summed E-state index contributed by atoms with van der Waals surface area (Å²) in [7, 11) is 0. The molecule has 0 aliphatic carbocycles.